The van der Waals surface area contributed by atoms with Gasteiger partial charge in [-0.15, -0.1) is 13.2 Å². The molecule has 0 unspecified atom stereocenters. The van der Waals surface area contributed by atoms with Crippen molar-refractivity contribution in [2.45, 2.75) is 64.1 Å². The zero-order chi connectivity index (χ0) is 15.9. The number of hydrogen-bond donors (Lipinski definition) is 0. The summed E-state index contributed by atoms with van der Waals surface area (Å²) in [6.45, 7) is 12.9. The average molecular weight is 294 g/mol. The molecule has 21 heavy (non-hydrogen) atoms. The summed E-state index contributed by atoms with van der Waals surface area (Å²) in [6, 6.07) is 0. The van der Waals surface area contributed by atoms with E-state index in [1.165, 1.54) is 6.08 Å². The Labute approximate surface area is 127 Å². The maximum absolute atomic E-state index is 11.7. The molecule has 3 atom stereocenters. The Morgan fingerprint density at radius 1 is 1.33 bits per heavy atom. The molecule has 1 fully saturated rings. The third kappa shape index (κ3) is 6.27. The van der Waals surface area contributed by atoms with E-state index >= 15 is 0 Å². The first-order chi connectivity index (χ1) is 9.88. The van der Waals surface area contributed by atoms with Crippen LogP contribution >= 0.6 is 0 Å². The Balaban J connectivity index is 2.43. The number of rotatable bonds is 8. The van der Waals surface area contributed by atoms with Crippen LogP contribution in [-0.2, 0) is 19.0 Å². The topological polar surface area (TPSA) is 44.8 Å². The molecule has 1 heterocycles. The van der Waals surface area contributed by atoms with Crippen LogP contribution in [0.1, 0.15) is 40.0 Å². The van der Waals surface area contributed by atoms with E-state index < -0.39 is 5.79 Å². The number of unbranched alkanes of at least 4 members (excludes halogenated alkanes) is 1. The molecule has 118 valence electrons. The first kappa shape index (κ1) is 17.7. The van der Waals surface area contributed by atoms with E-state index in [4.69, 9.17) is 14.2 Å². The van der Waals surface area contributed by atoms with Gasteiger partial charge in [0, 0.05) is 6.08 Å². The molecule has 0 N–H and O–H groups in total. The predicted molar refractivity (Wildman–Crippen MR) is 82.8 cm³/mol. The molecular weight excluding hydrogens is 268 g/mol. The molecule has 0 saturated carbocycles. The third-order valence-corrected chi connectivity index (χ3v) is 3.15. The van der Waals surface area contributed by atoms with Gasteiger partial charge < -0.3 is 14.2 Å². The van der Waals surface area contributed by atoms with Crippen LogP contribution in [0.4, 0.5) is 0 Å². The molecule has 0 spiro atoms. The van der Waals surface area contributed by atoms with Gasteiger partial charge in [0.15, 0.2) is 5.79 Å². The highest BCUT2D eigenvalue weighted by Gasteiger charge is 2.38. The van der Waals surface area contributed by atoms with Crippen molar-refractivity contribution < 1.29 is 19.0 Å². The first-order valence-corrected chi connectivity index (χ1v) is 7.36. The van der Waals surface area contributed by atoms with Crippen molar-refractivity contribution in [1.29, 1.82) is 0 Å². The van der Waals surface area contributed by atoms with Crippen LogP contribution in [-0.4, -0.2) is 30.1 Å². The Bertz CT molecular complexity index is 398. The Morgan fingerprint density at radius 2 is 2.00 bits per heavy atom. The van der Waals surface area contributed by atoms with Crippen molar-refractivity contribution in [3.63, 3.8) is 0 Å². The van der Waals surface area contributed by atoms with Gasteiger partial charge in [0.05, 0.1) is 6.10 Å². The van der Waals surface area contributed by atoms with Gasteiger partial charge in [0.25, 0.3) is 0 Å². The lowest BCUT2D eigenvalue weighted by Crippen LogP contribution is -2.21. The maximum Gasteiger partial charge on any atom is 0.330 e. The van der Waals surface area contributed by atoms with Crippen molar-refractivity contribution in [3.8, 4) is 0 Å². The van der Waals surface area contributed by atoms with Gasteiger partial charge in [-0.2, -0.15) is 0 Å². The van der Waals surface area contributed by atoms with E-state index in [9.17, 15) is 4.79 Å². The minimum absolute atomic E-state index is 0.102. The zero-order valence-electron chi connectivity index (χ0n) is 13.2. The molecule has 0 aromatic carbocycles. The van der Waals surface area contributed by atoms with Crippen molar-refractivity contribution >= 4 is 5.97 Å². The van der Waals surface area contributed by atoms with Crippen LogP contribution in [0.3, 0.4) is 0 Å². The first-order valence-electron chi connectivity index (χ1n) is 7.36. The van der Waals surface area contributed by atoms with Crippen LogP contribution in [0.2, 0.25) is 0 Å². The molecular formula is C17H26O4. The lowest BCUT2D eigenvalue weighted by atomic mass is 10.1. The maximum atomic E-state index is 11.7. The molecule has 0 aliphatic carbocycles. The molecule has 0 aromatic rings. The third-order valence-electron chi connectivity index (χ3n) is 3.15. The van der Waals surface area contributed by atoms with Gasteiger partial charge >= 0.3 is 5.97 Å². The highest BCUT2D eigenvalue weighted by atomic mass is 16.7. The van der Waals surface area contributed by atoms with Gasteiger partial charge in [-0.1, -0.05) is 12.2 Å². The largest absolute Gasteiger partial charge is 0.460 e. The fraction of sp³-hybridized carbons (Fsp3) is 0.588. The van der Waals surface area contributed by atoms with E-state index in [-0.39, 0.29) is 24.3 Å². The van der Waals surface area contributed by atoms with Crippen LogP contribution in [0.5, 0.6) is 0 Å². The fourth-order valence-corrected chi connectivity index (χ4v) is 2.17. The SMILES string of the molecule is C=CCCC[C@@H](C)OC(=O)/C=C/[C@H]1OC(C)(C)O[C@@H]1C=C. The molecule has 0 amide bonds. The number of ether oxygens (including phenoxy) is 3. The summed E-state index contributed by atoms with van der Waals surface area (Å²) in [7, 11) is 0. The van der Waals surface area contributed by atoms with E-state index in [1.807, 2.05) is 26.8 Å². The van der Waals surface area contributed by atoms with Crippen LogP contribution in [0.25, 0.3) is 0 Å². The van der Waals surface area contributed by atoms with E-state index in [1.54, 1.807) is 12.2 Å². The second-order valence-corrected chi connectivity index (χ2v) is 5.63. The second kappa shape index (κ2) is 8.15. The Hall–Kier alpha value is -1.39. The average Bonchev–Trinajstić information content (AvgIpc) is 2.71. The van der Waals surface area contributed by atoms with Crippen molar-refractivity contribution in [2.24, 2.45) is 0 Å². The standard InChI is InChI=1S/C17H26O4/c1-6-8-9-10-13(3)19-16(18)12-11-15-14(7-2)20-17(4,5)21-15/h6-7,11-15H,1-2,8-10H2,3-5H3/b12-11+/t13-,14-,15-/m1/s1. The summed E-state index contributed by atoms with van der Waals surface area (Å²) in [5.74, 6) is -1.03. The molecule has 1 rings (SSSR count). The lowest BCUT2D eigenvalue weighted by molar-refractivity contribution is -0.143. The fourth-order valence-electron chi connectivity index (χ4n) is 2.17. The van der Waals surface area contributed by atoms with Gasteiger partial charge in [-0.05, 0) is 46.1 Å². The monoisotopic (exact) mass is 294 g/mol. The number of hydrogen-bond acceptors (Lipinski definition) is 4. The van der Waals surface area contributed by atoms with Crippen molar-refractivity contribution in [2.75, 3.05) is 0 Å². The number of esters is 1. The molecule has 0 aromatic heterocycles. The summed E-state index contributed by atoms with van der Waals surface area (Å²) in [5, 5.41) is 0. The second-order valence-electron chi connectivity index (χ2n) is 5.63. The summed E-state index contributed by atoms with van der Waals surface area (Å²) < 4.78 is 16.6. The van der Waals surface area contributed by atoms with Gasteiger partial charge in [-0.3, -0.25) is 0 Å². The minimum atomic E-state index is -0.671. The van der Waals surface area contributed by atoms with Crippen LogP contribution in [0, 0.1) is 0 Å². The summed E-state index contributed by atoms with van der Waals surface area (Å²) >= 11 is 0. The molecule has 1 aliphatic rings. The quantitative estimate of drug-likeness (QED) is 0.297. The molecule has 0 radical (unpaired) electrons. The molecule has 1 saturated heterocycles. The van der Waals surface area contributed by atoms with Gasteiger partial charge in [0.2, 0.25) is 0 Å². The van der Waals surface area contributed by atoms with Crippen molar-refractivity contribution in [1.82, 2.24) is 0 Å². The smallest absolute Gasteiger partial charge is 0.330 e. The lowest BCUT2D eigenvalue weighted by Gasteiger charge is -2.15. The Kier molecular flexibility index (Phi) is 6.85. The van der Waals surface area contributed by atoms with E-state index in [0.717, 1.165) is 19.3 Å². The van der Waals surface area contributed by atoms with Crippen LogP contribution < -0.4 is 0 Å². The molecule has 4 heteroatoms. The van der Waals surface area contributed by atoms with Gasteiger partial charge in [-0.25, -0.2) is 4.79 Å². The van der Waals surface area contributed by atoms with E-state index in [2.05, 4.69) is 13.2 Å². The normalized spacial score (nSPS) is 25.7. The number of carbonyl (C=O) groups excluding carboxylic acids is 1. The van der Waals surface area contributed by atoms with Gasteiger partial charge in [0.1, 0.15) is 12.2 Å². The predicted octanol–water partition coefficient (Wildman–Crippen LogP) is 3.54. The zero-order valence-corrected chi connectivity index (χ0v) is 13.2. The molecule has 1 aliphatic heterocycles. The summed E-state index contributed by atoms with van der Waals surface area (Å²) in [4.78, 5) is 11.7. The molecule has 4 nitrogen and oxygen atoms in total. The Morgan fingerprint density at radius 3 is 2.62 bits per heavy atom. The van der Waals surface area contributed by atoms with Crippen LogP contribution in [0.15, 0.2) is 37.5 Å². The highest BCUT2D eigenvalue weighted by Crippen LogP contribution is 2.29. The summed E-state index contributed by atoms with van der Waals surface area (Å²) in [5.41, 5.74) is 0. The molecule has 0 bridgehead atoms. The minimum Gasteiger partial charge on any atom is -0.460 e. The number of carbonyl (C=O) groups is 1. The highest BCUT2D eigenvalue weighted by molar-refractivity contribution is 5.82. The number of allylic oxidation sites excluding steroid dienone is 1. The van der Waals surface area contributed by atoms with Crippen molar-refractivity contribution in [3.05, 3.63) is 37.5 Å². The summed E-state index contributed by atoms with van der Waals surface area (Å²) in [6.07, 6.45) is 8.65. The van der Waals surface area contributed by atoms with E-state index in [0.29, 0.717) is 0 Å².